The first kappa shape index (κ1) is 15.7. The first-order chi connectivity index (χ1) is 8.04. The molecule has 0 aromatic heterocycles. The molecular formula is C13H22O4. The number of rotatable bonds is 11. The summed E-state index contributed by atoms with van der Waals surface area (Å²) in [5.74, 6) is -1.63. The molecule has 0 radical (unpaired) electrons. The van der Waals surface area contributed by atoms with Crippen molar-refractivity contribution in [2.45, 2.75) is 57.8 Å². The van der Waals surface area contributed by atoms with Crippen LogP contribution in [-0.4, -0.2) is 22.2 Å². The number of hydrogen-bond acceptors (Lipinski definition) is 2. The van der Waals surface area contributed by atoms with E-state index >= 15 is 0 Å². The van der Waals surface area contributed by atoms with Crippen molar-refractivity contribution in [2.24, 2.45) is 0 Å². The average Bonchev–Trinajstić information content (AvgIpc) is 2.25. The van der Waals surface area contributed by atoms with Crippen LogP contribution in [0, 0.1) is 0 Å². The largest absolute Gasteiger partial charge is 0.481 e. The van der Waals surface area contributed by atoms with Gasteiger partial charge in [-0.05, 0) is 19.3 Å². The summed E-state index contributed by atoms with van der Waals surface area (Å²) in [6.07, 6.45) is 7.68. The van der Waals surface area contributed by atoms with E-state index in [1.807, 2.05) is 0 Å². The zero-order valence-electron chi connectivity index (χ0n) is 10.3. The summed E-state index contributed by atoms with van der Waals surface area (Å²) < 4.78 is 0. The van der Waals surface area contributed by atoms with Crippen molar-refractivity contribution in [3.8, 4) is 0 Å². The van der Waals surface area contributed by atoms with E-state index in [2.05, 4.69) is 6.58 Å². The number of carboxylic acid groups (broad SMARTS) is 2. The third kappa shape index (κ3) is 11.0. The van der Waals surface area contributed by atoms with Crippen LogP contribution < -0.4 is 0 Å². The molecule has 0 aromatic rings. The normalized spacial score (nSPS) is 10.1. The van der Waals surface area contributed by atoms with Crippen LogP contribution in [0.2, 0.25) is 0 Å². The van der Waals surface area contributed by atoms with Crippen molar-refractivity contribution >= 4 is 11.9 Å². The molecular weight excluding hydrogens is 220 g/mol. The first-order valence-corrected chi connectivity index (χ1v) is 6.17. The van der Waals surface area contributed by atoms with E-state index in [0.717, 1.165) is 44.9 Å². The summed E-state index contributed by atoms with van der Waals surface area (Å²) in [4.78, 5) is 20.7. The smallest absolute Gasteiger partial charge is 0.330 e. The van der Waals surface area contributed by atoms with Crippen LogP contribution in [-0.2, 0) is 9.59 Å². The van der Waals surface area contributed by atoms with Gasteiger partial charge in [0.15, 0.2) is 0 Å². The van der Waals surface area contributed by atoms with E-state index in [4.69, 9.17) is 10.2 Å². The van der Waals surface area contributed by atoms with E-state index in [1.54, 1.807) is 0 Å². The maximum absolute atomic E-state index is 10.4. The Morgan fingerprint density at radius 3 is 1.59 bits per heavy atom. The van der Waals surface area contributed by atoms with Crippen molar-refractivity contribution in [1.82, 2.24) is 0 Å². The third-order valence-electron chi connectivity index (χ3n) is 2.67. The number of carboxylic acids is 2. The quantitative estimate of drug-likeness (QED) is 0.431. The Morgan fingerprint density at radius 2 is 1.18 bits per heavy atom. The molecule has 0 saturated heterocycles. The van der Waals surface area contributed by atoms with Gasteiger partial charge in [0.05, 0.1) is 0 Å². The summed E-state index contributed by atoms with van der Waals surface area (Å²) >= 11 is 0. The van der Waals surface area contributed by atoms with Crippen molar-refractivity contribution in [3.63, 3.8) is 0 Å². The molecule has 0 spiro atoms. The molecule has 2 N–H and O–H groups in total. The van der Waals surface area contributed by atoms with Crippen LogP contribution in [0.5, 0.6) is 0 Å². The number of unbranched alkanes of at least 4 members (excludes halogenated alkanes) is 6. The fraction of sp³-hybridized carbons (Fsp3) is 0.692. The van der Waals surface area contributed by atoms with Crippen LogP contribution in [0.3, 0.4) is 0 Å². The van der Waals surface area contributed by atoms with Gasteiger partial charge in [-0.3, -0.25) is 4.79 Å². The monoisotopic (exact) mass is 242 g/mol. The van der Waals surface area contributed by atoms with Crippen LogP contribution in [0.15, 0.2) is 12.2 Å². The molecule has 0 aliphatic carbocycles. The molecule has 0 aliphatic rings. The Bertz CT molecular complexity index is 258. The van der Waals surface area contributed by atoms with E-state index in [-0.39, 0.29) is 12.0 Å². The second-order valence-corrected chi connectivity index (χ2v) is 4.28. The standard InChI is InChI=1S/C13H22O4/c1-11(13(16)17)9-7-5-3-2-4-6-8-10-12(14)15/h1-10H2,(H,14,15)(H,16,17). The predicted octanol–water partition coefficient (Wildman–Crippen LogP) is 3.22. The number of carbonyl (C=O) groups is 2. The van der Waals surface area contributed by atoms with Crippen molar-refractivity contribution in [3.05, 3.63) is 12.2 Å². The van der Waals surface area contributed by atoms with Crippen molar-refractivity contribution < 1.29 is 19.8 Å². The highest BCUT2D eigenvalue weighted by Gasteiger charge is 2.02. The van der Waals surface area contributed by atoms with Gasteiger partial charge < -0.3 is 10.2 Å². The second kappa shape index (κ2) is 9.87. The van der Waals surface area contributed by atoms with Crippen LogP contribution in [0.4, 0.5) is 0 Å². The Balaban J connectivity index is 3.16. The maximum Gasteiger partial charge on any atom is 0.330 e. The molecule has 0 aromatic carbocycles. The molecule has 0 rings (SSSR count). The summed E-state index contributed by atoms with van der Waals surface area (Å²) in [6, 6.07) is 0. The molecule has 17 heavy (non-hydrogen) atoms. The highest BCUT2D eigenvalue weighted by molar-refractivity contribution is 5.85. The molecule has 4 nitrogen and oxygen atoms in total. The molecule has 0 saturated carbocycles. The van der Waals surface area contributed by atoms with Crippen molar-refractivity contribution in [1.29, 1.82) is 0 Å². The van der Waals surface area contributed by atoms with Crippen LogP contribution in [0.25, 0.3) is 0 Å². The second-order valence-electron chi connectivity index (χ2n) is 4.28. The van der Waals surface area contributed by atoms with E-state index < -0.39 is 11.9 Å². The van der Waals surface area contributed by atoms with E-state index in [9.17, 15) is 9.59 Å². The average molecular weight is 242 g/mol. The molecule has 0 unspecified atom stereocenters. The zero-order valence-corrected chi connectivity index (χ0v) is 10.3. The molecule has 0 heterocycles. The third-order valence-corrected chi connectivity index (χ3v) is 2.67. The van der Waals surface area contributed by atoms with Gasteiger partial charge in [-0.25, -0.2) is 4.79 Å². The van der Waals surface area contributed by atoms with Crippen LogP contribution in [0.1, 0.15) is 57.8 Å². The number of aliphatic carboxylic acids is 2. The minimum atomic E-state index is -0.904. The van der Waals surface area contributed by atoms with Crippen LogP contribution >= 0.6 is 0 Å². The van der Waals surface area contributed by atoms with E-state index in [0.29, 0.717) is 6.42 Å². The highest BCUT2D eigenvalue weighted by Crippen LogP contribution is 2.12. The minimum Gasteiger partial charge on any atom is -0.481 e. The van der Waals surface area contributed by atoms with E-state index in [1.165, 1.54) is 0 Å². The fourth-order valence-corrected chi connectivity index (χ4v) is 1.61. The summed E-state index contributed by atoms with van der Waals surface area (Å²) in [7, 11) is 0. The minimum absolute atomic E-state index is 0.262. The lowest BCUT2D eigenvalue weighted by Crippen LogP contribution is -1.98. The van der Waals surface area contributed by atoms with Gasteiger partial charge in [0.2, 0.25) is 0 Å². The number of hydrogen-bond donors (Lipinski definition) is 2. The highest BCUT2D eigenvalue weighted by atomic mass is 16.4. The Kier molecular flexibility index (Phi) is 9.11. The lowest BCUT2D eigenvalue weighted by Gasteiger charge is -2.02. The van der Waals surface area contributed by atoms with Gasteiger partial charge in [0.25, 0.3) is 0 Å². The Hall–Kier alpha value is -1.32. The van der Waals surface area contributed by atoms with Gasteiger partial charge in [-0.15, -0.1) is 0 Å². The Labute approximate surface area is 102 Å². The fourth-order valence-electron chi connectivity index (χ4n) is 1.61. The summed E-state index contributed by atoms with van der Waals surface area (Å²) in [5.41, 5.74) is 0.284. The molecule has 0 bridgehead atoms. The Morgan fingerprint density at radius 1 is 0.765 bits per heavy atom. The van der Waals surface area contributed by atoms with Crippen molar-refractivity contribution in [2.75, 3.05) is 0 Å². The topological polar surface area (TPSA) is 74.6 Å². The van der Waals surface area contributed by atoms with Gasteiger partial charge in [0.1, 0.15) is 0 Å². The summed E-state index contributed by atoms with van der Waals surface area (Å²) in [5, 5.41) is 17.0. The zero-order chi connectivity index (χ0) is 13.1. The molecule has 0 aliphatic heterocycles. The molecule has 98 valence electrons. The maximum atomic E-state index is 10.4. The SMILES string of the molecule is C=C(CCCCCCCCCC(=O)O)C(=O)O. The summed E-state index contributed by atoms with van der Waals surface area (Å²) in [6.45, 7) is 3.47. The molecule has 0 amide bonds. The predicted molar refractivity (Wildman–Crippen MR) is 66.0 cm³/mol. The molecule has 4 heteroatoms. The first-order valence-electron chi connectivity index (χ1n) is 6.17. The molecule has 0 fully saturated rings. The lowest BCUT2D eigenvalue weighted by molar-refractivity contribution is -0.137. The lowest BCUT2D eigenvalue weighted by atomic mass is 10.0. The van der Waals surface area contributed by atoms with Gasteiger partial charge >= 0.3 is 11.9 Å². The molecule has 0 atom stereocenters. The van der Waals surface area contributed by atoms with Gasteiger partial charge in [-0.2, -0.15) is 0 Å². The van der Waals surface area contributed by atoms with Gasteiger partial charge in [0, 0.05) is 12.0 Å². The van der Waals surface area contributed by atoms with Gasteiger partial charge in [-0.1, -0.05) is 38.7 Å².